The number of pyridine rings is 1. The molecule has 0 amide bonds. The molecule has 0 saturated carbocycles. The average molecular weight is 305 g/mol. The van der Waals surface area contributed by atoms with Crippen molar-refractivity contribution in [2.45, 2.75) is 27.2 Å². The van der Waals surface area contributed by atoms with Crippen LogP contribution in [0.3, 0.4) is 0 Å². The minimum atomic E-state index is 0.874. The molecule has 1 aromatic carbocycles. The highest BCUT2D eigenvalue weighted by Gasteiger charge is 2.08. The monoisotopic (exact) mass is 304 g/mol. The molecule has 2 rings (SSSR count). The molecule has 0 unspecified atom stereocenters. The van der Waals surface area contributed by atoms with Crippen LogP contribution in [0.1, 0.15) is 23.6 Å². The van der Waals surface area contributed by atoms with E-state index in [1.165, 1.54) is 22.4 Å². The van der Waals surface area contributed by atoms with Gasteiger partial charge in [0.2, 0.25) is 0 Å². The number of rotatable bonds is 3. The van der Waals surface area contributed by atoms with Crippen molar-refractivity contribution >= 4 is 27.4 Å². The second kappa shape index (κ2) is 5.53. The van der Waals surface area contributed by atoms with Gasteiger partial charge in [-0.2, -0.15) is 0 Å². The number of aryl methyl sites for hydroxylation is 3. The Hall–Kier alpha value is -1.35. The number of halogens is 1. The van der Waals surface area contributed by atoms with Gasteiger partial charge in [-0.1, -0.05) is 25.1 Å². The quantitative estimate of drug-likeness (QED) is 0.883. The van der Waals surface area contributed by atoms with Crippen LogP contribution in [-0.4, -0.2) is 4.98 Å². The summed E-state index contributed by atoms with van der Waals surface area (Å²) in [5.41, 5.74) is 4.90. The molecule has 1 heterocycles. The Labute approximate surface area is 117 Å². The van der Waals surface area contributed by atoms with Crippen molar-refractivity contribution in [2.75, 3.05) is 5.32 Å². The van der Waals surface area contributed by atoms with Crippen LogP contribution in [0.15, 0.2) is 34.9 Å². The fourth-order valence-electron chi connectivity index (χ4n) is 1.95. The summed E-state index contributed by atoms with van der Waals surface area (Å²) >= 11 is 3.58. The van der Waals surface area contributed by atoms with Crippen LogP contribution in [0, 0.1) is 13.8 Å². The largest absolute Gasteiger partial charge is 0.339 e. The van der Waals surface area contributed by atoms with Gasteiger partial charge >= 0.3 is 0 Å². The zero-order valence-corrected chi connectivity index (χ0v) is 12.5. The van der Waals surface area contributed by atoms with Crippen molar-refractivity contribution in [1.29, 1.82) is 0 Å². The van der Waals surface area contributed by atoms with E-state index in [0.717, 1.165) is 16.7 Å². The number of nitrogens with zero attached hydrogens (tertiary/aromatic N) is 1. The summed E-state index contributed by atoms with van der Waals surface area (Å²) in [6.07, 6.45) is 2.83. The Bertz CT molecular complexity index is 564. The fraction of sp³-hybridized carbons (Fsp3) is 0.267. The highest BCUT2D eigenvalue weighted by molar-refractivity contribution is 9.10. The summed E-state index contributed by atoms with van der Waals surface area (Å²) in [5.74, 6) is 0.874. The Morgan fingerprint density at radius 3 is 2.67 bits per heavy atom. The molecule has 18 heavy (non-hydrogen) atoms. The molecule has 2 aromatic rings. The summed E-state index contributed by atoms with van der Waals surface area (Å²) < 4.78 is 1.02. The van der Waals surface area contributed by atoms with Gasteiger partial charge in [0.25, 0.3) is 0 Å². The minimum Gasteiger partial charge on any atom is -0.339 e. The topological polar surface area (TPSA) is 24.9 Å². The maximum Gasteiger partial charge on any atom is 0.144 e. The van der Waals surface area contributed by atoms with Crippen LogP contribution in [0.2, 0.25) is 0 Å². The van der Waals surface area contributed by atoms with Gasteiger partial charge in [0.15, 0.2) is 0 Å². The molecular weight excluding hydrogens is 288 g/mol. The molecule has 0 fully saturated rings. The molecule has 1 aromatic heterocycles. The first-order valence-electron chi connectivity index (χ1n) is 6.10. The number of para-hydroxylation sites is 1. The number of anilines is 2. The lowest BCUT2D eigenvalue weighted by Crippen LogP contribution is -2.01. The summed E-state index contributed by atoms with van der Waals surface area (Å²) in [6.45, 7) is 6.35. The maximum atomic E-state index is 4.39. The van der Waals surface area contributed by atoms with Crippen molar-refractivity contribution in [1.82, 2.24) is 4.98 Å². The molecule has 0 aliphatic carbocycles. The van der Waals surface area contributed by atoms with E-state index in [9.17, 15) is 0 Å². The predicted molar refractivity (Wildman–Crippen MR) is 80.5 cm³/mol. The van der Waals surface area contributed by atoms with Crippen LogP contribution in [-0.2, 0) is 6.42 Å². The van der Waals surface area contributed by atoms with Gasteiger partial charge in [0.05, 0.1) is 4.47 Å². The summed E-state index contributed by atoms with van der Waals surface area (Å²) in [7, 11) is 0. The zero-order valence-electron chi connectivity index (χ0n) is 10.9. The maximum absolute atomic E-state index is 4.39. The highest BCUT2D eigenvalue weighted by Crippen LogP contribution is 2.30. The lowest BCUT2D eigenvalue weighted by atomic mass is 10.1. The molecule has 0 saturated heterocycles. The van der Waals surface area contributed by atoms with E-state index in [2.05, 4.69) is 65.2 Å². The van der Waals surface area contributed by atoms with Gasteiger partial charge in [-0.25, -0.2) is 4.98 Å². The van der Waals surface area contributed by atoms with E-state index in [1.54, 1.807) is 0 Å². The van der Waals surface area contributed by atoms with Gasteiger partial charge < -0.3 is 5.32 Å². The first-order valence-corrected chi connectivity index (χ1v) is 6.89. The molecule has 0 aliphatic rings. The van der Waals surface area contributed by atoms with Crippen molar-refractivity contribution < 1.29 is 0 Å². The van der Waals surface area contributed by atoms with Gasteiger partial charge in [0, 0.05) is 11.9 Å². The Balaban J connectivity index is 2.43. The van der Waals surface area contributed by atoms with Crippen molar-refractivity contribution in [3.8, 4) is 0 Å². The van der Waals surface area contributed by atoms with E-state index in [1.807, 2.05) is 12.3 Å². The third kappa shape index (κ3) is 2.56. The average Bonchev–Trinajstić information content (AvgIpc) is 2.37. The lowest BCUT2D eigenvalue weighted by molar-refractivity contribution is 1.13. The van der Waals surface area contributed by atoms with E-state index < -0.39 is 0 Å². The number of nitrogens with one attached hydrogen (secondary N) is 1. The Morgan fingerprint density at radius 1 is 1.17 bits per heavy atom. The number of benzene rings is 1. The van der Waals surface area contributed by atoms with E-state index >= 15 is 0 Å². The van der Waals surface area contributed by atoms with Crippen LogP contribution in [0.25, 0.3) is 0 Å². The third-order valence-corrected chi connectivity index (χ3v) is 4.07. The van der Waals surface area contributed by atoms with Gasteiger partial charge in [0.1, 0.15) is 5.82 Å². The fourth-order valence-corrected chi connectivity index (χ4v) is 2.28. The molecule has 0 aliphatic heterocycles. The predicted octanol–water partition coefficient (Wildman–Crippen LogP) is 4.77. The van der Waals surface area contributed by atoms with E-state index in [0.29, 0.717) is 0 Å². The number of aromatic nitrogens is 1. The van der Waals surface area contributed by atoms with Crippen LogP contribution in [0.5, 0.6) is 0 Å². The molecule has 0 spiro atoms. The third-order valence-electron chi connectivity index (χ3n) is 3.07. The molecule has 0 bridgehead atoms. The van der Waals surface area contributed by atoms with Crippen LogP contribution in [0.4, 0.5) is 11.5 Å². The smallest absolute Gasteiger partial charge is 0.144 e. The molecule has 2 nitrogen and oxygen atoms in total. The molecule has 0 radical (unpaired) electrons. The van der Waals surface area contributed by atoms with Crippen molar-refractivity contribution in [2.24, 2.45) is 0 Å². The van der Waals surface area contributed by atoms with Gasteiger partial charge in [-0.15, -0.1) is 0 Å². The standard InChI is InChI=1S/C15H17BrN2/c1-4-12-7-5-6-11(3)14(12)18-15-13(16)10(2)8-9-17-15/h5-9H,4H2,1-3H3,(H,17,18). The first kappa shape index (κ1) is 13.1. The van der Waals surface area contributed by atoms with Crippen LogP contribution >= 0.6 is 15.9 Å². The molecule has 1 N–H and O–H groups in total. The normalized spacial score (nSPS) is 10.4. The summed E-state index contributed by atoms with van der Waals surface area (Å²) in [6, 6.07) is 8.36. The SMILES string of the molecule is CCc1cccc(C)c1Nc1nccc(C)c1Br. The van der Waals surface area contributed by atoms with Gasteiger partial charge in [-0.3, -0.25) is 0 Å². The number of hydrogen-bond acceptors (Lipinski definition) is 2. The molecule has 0 atom stereocenters. The summed E-state index contributed by atoms with van der Waals surface area (Å²) in [4.78, 5) is 4.39. The first-order chi connectivity index (χ1) is 8.63. The van der Waals surface area contributed by atoms with Gasteiger partial charge in [-0.05, 0) is 59.0 Å². The molecule has 3 heteroatoms. The minimum absolute atomic E-state index is 0.874. The lowest BCUT2D eigenvalue weighted by Gasteiger charge is -2.15. The van der Waals surface area contributed by atoms with E-state index in [4.69, 9.17) is 0 Å². The van der Waals surface area contributed by atoms with Crippen molar-refractivity contribution in [3.63, 3.8) is 0 Å². The second-order valence-corrected chi connectivity index (χ2v) is 5.17. The Morgan fingerprint density at radius 2 is 1.94 bits per heavy atom. The highest BCUT2D eigenvalue weighted by atomic mass is 79.9. The molecular formula is C15H17BrN2. The van der Waals surface area contributed by atoms with Crippen LogP contribution < -0.4 is 5.32 Å². The van der Waals surface area contributed by atoms with E-state index in [-0.39, 0.29) is 0 Å². The zero-order chi connectivity index (χ0) is 13.1. The summed E-state index contributed by atoms with van der Waals surface area (Å²) in [5, 5.41) is 3.44. The number of hydrogen-bond donors (Lipinski definition) is 1. The molecule has 94 valence electrons. The Kier molecular flexibility index (Phi) is 4.02. The van der Waals surface area contributed by atoms with Crippen molar-refractivity contribution in [3.05, 3.63) is 51.6 Å². The second-order valence-electron chi connectivity index (χ2n) is 4.38.